The lowest BCUT2D eigenvalue weighted by molar-refractivity contribution is -0.111. The van der Waals surface area contributed by atoms with Crippen LogP contribution >= 0.6 is 0 Å². The van der Waals surface area contributed by atoms with Crippen molar-refractivity contribution in [3.05, 3.63) is 42.0 Å². The topological polar surface area (TPSA) is 52.9 Å². The molecule has 3 heteroatoms. The van der Waals surface area contributed by atoms with E-state index in [2.05, 4.69) is 5.32 Å². The summed E-state index contributed by atoms with van der Waals surface area (Å²) in [7, 11) is 0. The van der Waals surface area contributed by atoms with Gasteiger partial charge in [-0.15, -0.1) is 0 Å². The molecule has 0 saturated carbocycles. The van der Waals surface area contributed by atoms with Crippen molar-refractivity contribution in [2.24, 2.45) is 0 Å². The van der Waals surface area contributed by atoms with Crippen LogP contribution in [0.3, 0.4) is 0 Å². The number of carbonyl (C=O) groups excluding carboxylic acids is 1. The summed E-state index contributed by atoms with van der Waals surface area (Å²) in [6, 6.07) is 8.71. The van der Waals surface area contributed by atoms with Crippen LogP contribution in [0.1, 0.15) is 12.5 Å². The molecule has 1 amide bonds. The summed E-state index contributed by atoms with van der Waals surface area (Å²) in [6.07, 6.45) is 3.11. The first kappa shape index (κ1) is 10.0. The molecule has 0 saturated heterocycles. The van der Waals surface area contributed by atoms with Gasteiger partial charge in [0.1, 0.15) is 0 Å². The van der Waals surface area contributed by atoms with Crippen LogP contribution in [0.2, 0.25) is 0 Å². The van der Waals surface area contributed by atoms with Crippen molar-refractivity contribution in [1.29, 1.82) is 5.26 Å². The fourth-order valence-corrected chi connectivity index (χ4v) is 0.963. The second-order valence-corrected chi connectivity index (χ2v) is 2.68. The van der Waals surface area contributed by atoms with Crippen LogP contribution in [0.25, 0.3) is 0 Å². The Hall–Kier alpha value is -2.08. The van der Waals surface area contributed by atoms with E-state index < -0.39 is 0 Å². The molecule has 0 bridgehead atoms. The highest BCUT2D eigenvalue weighted by molar-refractivity contribution is 5.99. The van der Waals surface area contributed by atoms with E-state index in [1.165, 1.54) is 6.08 Å². The molecule has 3 nitrogen and oxygen atoms in total. The minimum absolute atomic E-state index is 0.169. The van der Waals surface area contributed by atoms with Gasteiger partial charge < -0.3 is 5.32 Å². The number of amides is 1. The van der Waals surface area contributed by atoms with Gasteiger partial charge in [0, 0.05) is 5.69 Å². The first-order valence-corrected chi connectivity index (χ1v) is 4.20. The summed E-state index contributed by atoms with van der Waals surface area (Å²) in [5.74, 6) is -0.169. The first-order valence-electron chi connectivity index (χ1n) is 4.20. The second-order valence-electron chi connectivity index (χ2n) is 2.68. The summed E-state index contributed by atoms with van der Waals surface area (Å²) in [5.41, 5.74) is 1.26. The van der Waals surface area contributed by atoms with Gasteiger partial charge in [0.2, 0.25) is 5.91 Å². The maximum absolute atomic E-state index is 11.1. The number of nitrogens with one attached hydrogen (secondary N) is 1. The molecule has 70 valence electrons. The third-order valence-electron chi connectivity index (χ3n) is 1.60. The number of hydrogen-bond acceptors (Lipinski definition) is 2. The Kier molecular flexibility index (Phi) is 3.45. The Morgan fingerprint density at radius 3 is 2.57 bits per heavy atom. The highest BCUT2D eigenvalue weighted by Gasteiger charge is 1.96. The highest BCUT2D eigenvalue weighted by Crippen LogP contribution is 2.08. The quantitative estimate of drug-likeness (QED) is 0.719. The van der Waals surface area contributed by atoms with Crippen molar-refractivity contribution < 1.29 is 4.79 Å². The van der Waals surface area contributed by atoms with Crippen LogP contribution < -0.4 is 5.32 Å². The van der Waals surface area contributed by atoms with E-state index in [-0.39, 0.29) is 5.91 Å². The third kappa shape index (κ3) is 2.76. The van der Waals surface area contributed by atoms with Crippen molar-refractivity contribution >= 4 is 11.6 Å². The zero-order valence-electron chi connectivity index (χ0n) is 7.82. The number of benzene rings is 1. The molecule has 0 aliphatic rings. The standard InChI is InChI=1S/C11H10N2O/c1-2-3-11(14)13-10-6-4-9(8-12)5-7-10/h2-7H,1H3,(H,13,14). The maximum atomic E-state index is 11.1. The largest absolute Gasteiger partial charge is 0.323 e. The Labute approximate surface area is 82.7 Å². The fourth-order valence-electron chi connectivity index (χ4n) is 0.963. The zero-order valence-corrected chi connectivity index (χ0v) is 7.82. The molecular formula is C11H10N2O. The molecule has 0 aliphatic heterocycles. The lowest BCUT2D eigenvalue weighted by Gasteiger charge is -2.00. The molecule has 0 aromatic heterocycles. The summed E-state index contributed by atoms with van der Waals surface area (Å²) >= 11 is 0. The van der Waals surface area contributed by atoms with E-state index in [4.69, 9.17) is 5.26 Å². The average Bonchev–Trinajstić information content (AvgIpc) is 2.19. The van der Waals surface area contributed by atoms with Gasteiger partial charge in [-0.05, 0) is 37.3 Å². The zero-order chi connectivity index (χ0) is 10.4. The summed E-state index contributed by atoms with van der Waals surface area (Å²) < 4.78 is 0. The van der Waals surface area contributed by atoms with Crippen LogP contribution in [0.4, 0.5) is 5.69 Å². The van der Waals surface area contributed by atoms with E-state index in [1.54, 1.807) is 37.3 Å². The van der Waals surface area contributed by atoms with Gasteiger partial charge in [-0.25, -0.2) is 0 Å². The van der Waals surface area contributed by atoms with Crippen LogP contribution in [0.5, 0.6) is 0 Å². The van der Waals surface area contributed by atoms with Gasteiger partial charge in [0.25, 0.3) is 0 Å². The lowest BCUT2D eigenvalue weighted by atomic mass is 10.2. The summed E-state index contributed by atoms with van der Waals surface area (Å²) in [5, 5.41) is 11.2. The smallest absolute Gasteiger partial charge is 0.248 e. The molecule has 1 rings (SSSR count). The maximum Gasteiger partial charge on any atom is 0.248 e. The molecule has 0 spiro atoms. The molecule has 1 aromatic rings. The Balaban J connectivity index is 2.70. The molecule has 0 atom stereocenters. The number of nitriles is 1. The van der Waals surface area contributed by atoms with Gasteiger partial charge in [-0.3, -0.25) is 4.79 Å². The average molecular weight is 186 g/mol. The molecule has 0 heterocycles. The lowest BCUT2D eigenvalue weighted by Crippen LogP contribution is -2.07. The molecule has 0 aliphatic carbocycles. The minimum Gasteiger partial charge on any atom is -0.323 e. The predicted molar refractivity (Wildman–Crippen MR) is 54.6 cm³/mol. The number of anilines is 1. The van der Waals surface area contributed by atoms with E-state index in [0.717, 1.165) is 0 Å². The Morgan fingerprint density at radius 1 is 1.43 bits per heavy atom. The van der Waals surface area contributed by atoms with Gasteiger partial charge in [0.05, 0.1) is 11.6 Å². The molecular weight excluding hydrogens is 176 g/mol. The summed E-state index contributed by atoms with van der Waals surface area (Å²) in [4.78, 5) is 11.1. The Bertz CT molecular complexity index is 385. The van der Waals surface area contributed by atoms with E-state index in [1.807, 2.05) is 6.07 Å². The molecule has 0 radical (unpaired) electrons. The number of allylic oxidation sites excluding steroid dienone is 1. The second kappa shape index (κ2) is 4.83. The molecule has 1 N–H and O–H groups in total. The van der Waals surface area contributed by atoms with Gasteiger partial charge >= 0.3 is 0 Å². The SMILES string of the molecule is CC=CC(=O)Nc1ccc(C#N)cc1. The number of rotatable bonds is 2. The van der Waals surface area contributed by atoms with Crippen LogP contribution in [0, 0.1) is 11.3 Å². The van der Waals surface area contributed by atoms with Crippen molar-refractivity contribution in [1.82, 2.24) is 0 Å². The van der Waals surface area contributed by atoms with Crippen LogP contribution in [0.15, 0.2) is 36.4 Å². The first-order chi connectivity index (χ1) is 6.76. The van der Waals surface area contributed by atoms with E-state index in [9.17, 15) is 4.79 Å². The van der Waals surface area contributed by atoms with Crippen molar-refractivity contribution in [3.8, 4) is 6.07 Å². The Morgan fingerprint density at radius 2 is 2.07 bits per heavy atom. The van der Waals surface area contributed by atoms with E-state index >= 15 is 0 Å². The third-order valence-corrected chi connectivity index (χ3v) is 1.60. The van der Waals surface area contributed by atoms with Gasteiger partial charge in [0.15, 0.2) is 0 Å². The highest BCUT2D eigenvalue weighted by atomic mass is 16.1. The predicted octanol–water partition coefficient (Wildman–Crippen LogP) is 2.07. The molecule has 1 aromatic carbocycles. The van der Waals surface area contributed by atoms with E-state index in [0.29, 0.717) is 11.3 Å². The van der Waals surface area contributed by atoms with Crippen molar-refractivity contribution in [2.45, 2.75) is 6.92 Å². The molecule has 0 unspecified atom stereocenters. The monoisotopic (exact) mass is 186 g/mol. The summed E-state index contributed by atoms with van der Waals surface area (Å²) in [6.45, 7) is 1.78. The normalized spacial score (nSPS) is 9.71. The van der Waals surface area contributed by atoms with Crippen molar-refractivity contribution in [3.63, 3.8) is 0 Å². The number of hydrogen-bond donors (Lipinski definition) is 1. The molecule has 14 heavy (non-hydrogen) atoms. The van der Waals surface area contributed by atoms with Crippen molar-refractivity contribution in [2.75, 3.05) is 5.32 Å². The van der Waals surface area contributed by atoms with Gasteiger partial charge in [-0.1, -0.05) is 6.08 Å². The minimum atomic E-state index is -0.169. The molecule has 0 fully saturated rings. The number of carbonyl (C=O) groups is 1. The van der Waals surface area contributed by atoms with Crippen LogP contribution in [-0.2, 0) is 4.79 Å². The fraction of sp³-hybridized carbons (Fsp3) is 0.0909. The number of nitrogens with zero attached hydrogens (tertiary/aromatic N) is 1. The van der Waals surface area contributed by atoms with Crippen LogP contribution in [-0.4, -0.2) is 5.91 Å². The van der Waals surface area contributed by atoms with Gasteiger partial charge in [-0.2, -0.15) is 5.26 Å².